The van der Waals surface area contributed by atoms with Gasteiger partial charge in [-0.3, -0.25) is 4.79 Å². The smallest absolute Gasteiger partial charge is 0.396 e. The summed E-state index contributed by atoms with van der Waals surface area (Å²) in [6.07, 6.45) is 0.241. The van der Waals surface area contributed by atoms with Gasteiger partial charge in [0.2, 0.25) is 0 Å². The molecule has 1 aromatic carbocycles. The zero-order chi connectivity index (χ0) is 15.7. The first-order valence-corrected chi connectivity index (χ1v) is 6.76. The van der Waals surface area contributed by atoms with Crippen molar-refractivity contribution < 1.29 is 23.9 Å². The Morgan fingerprint density at radius 3 is 2.24 bits per heavy atom. The van der Waals surface area contributed by atoms with Gasteiger partial charge in [0.15, 0.2) is 0 Å². The molecule has 1 atom stereocenters. The summed E-state index contributed by atoms with van der Waals surface area (Å²) in [6.45, 7) is 3.55. The molecule has 1 rings (SSSR count). The normalized spacial score (nSPS) is 11.3. The third-order valence-electron chi connectivity index (χ3n) is 2.62. The number of nitrogens with one attached hydrogen (secondary N) is 1. The largest absolute Gasteiger partial charge is 0.464 e. The topological polar surface area (TPSA) is 81.7 Å². The van der Waals surface area contributed by atoms with Crippen molar-refractivity contribution in [3.05, 3.63) is 35.9 Å². The second-order valence-electron chi connectivity index (χ2n) is 4.19. The van der Waals surface area contributed by atoms with E-state index in [4.69, 9.17) is 4.74 Å². The molecule has 0 saturated heterocycles. The predicted molar refractivity (Wildman–Crippen MR) is 75.3 cm³/mol. The highest BCUT2D eigenvalue weighted by Crippen LogP contribution is 2.05. The van der Waals surface area contributed by atoms with Crippen molar-refractivity contribution in [2.45, 2.75) is 26.3 Å². The van der Waals surface area contributed by atoms with Gasteiger partial charge < -0.3 is 14.8 Å². The summed E-state index contributed by atoms with van der Waals surface area (Å²) < 4.78 is 9.50. The number of hydrogen-bond donors (Lipinski definition) is 1. The van der Waals surface area contributed by atoms with Crippen molar-refractivity contribution in [1.82, 2.24) is 5.32 Å². The summed E-state index contributed by atoms with van der Waals surface area (Å²) in [5, 5.41) is 2.35. The molecule has 21 heavy (non-hydrogen) atoms. The number of benzene rings is 1. The van der Waals surface area contributed by atoms with Gasteiger partial charge in [-0.2, -0.15) is 0 Å². The maximum atomic E-state index is 11.9. The van der Waals surface area contributed by atoms with E-state index in [9.17, 15) is 14.4 Å². The quantitative estimate of drug-likeness (QED) is 0.621. The fourth-order valence-corrected chi connectivity index (χ4v) is 1.70. The van der Waals surface area contributed by atoms with E-state index in [1.54, 1.807) is 13.8 Å². The van der Waals surface area contributed by atoms with Crippen molar-refractivity contribution in [3.8, 4) is 0 Å². The first-order chi connectivity index (χ1) is 10.1. The van der Waals surface area contributed by atoms with Crippen molar-refractivity contribution in [3.63, 3.8) is 0 Å². The van der Waals surface area contributed by atoms with Crippen LogP contribution in [0.1, 0.15) is 19.4 Å². The second-order valence-corrected chi connectivity index (χ2v) is 4.19. The van der Waals surface area contributed by atoms with E-state index in [0.29, 0.717) is 0 Å². The van der Waals surface area contributed by atoms with Crippen molar-refractivity contribution in [2.75, 3.05) is 13.2 Å². The lowest BCUT2D eigenvalue weighted by Crippen LogP contribution is -2.46. The first kappa shape index (κ1) is 16.7. The van der Waals surface area contributed by atoms with Gasteiger partial charge in [-0.25, -0.2) is 9.59 Å². The maximum Gasteiger partial charge on any atom is 0.396 e. The summed E-state index contributed by atoms with van der Waals surface area (Å²) in [4.78, 5) is 34.8. The van der Waals surface area contributed by atoms with Gasteiger partial charge in [0.1, 0.15) is 6.04 Å². The van der Waals surface area contributed by atoms with E-state index in [1.165, 1.54) is 0 Å². The molecule has 0 aliphatic heterocycles. The predicted octanol–water partition coefficient (Wildman–Crippen LogP) is 0.840. The zero-order valence-electron chi connectivity index (χ0n) is 12.1. The van der Waals surface area contributed by atoms with Crippen LogP contribution in [-0.4, -0.2) is 37.1 Å². The Bertz CT molecular complexity index is 486. The molecule has 1 aromatic rings. The van der Waals surface area contributed by atoms with E-state index in [2.05, 4.69) is 10.1 Å². The van der Waals surface area contributed by atoms with Crippen LogP contribution < -0.4 is 5.32 Å². The van der Waals surface area contributed by atoms with Crippen LogP contribution in [0.4, 0.5) is 0 Å². The molecular weight excluding hydrogens is 274 g/mol. The third-order valence-corrected chi connectivity index (χ3v) is 2.62. The Hall–Kier alpha value is -2.37. The number of rotatable bonds is 6. The molecule has 0 fully saturated rings. The number of ether oxygens (including phenoxy) is 2. The highest BCUT2D eigenvalue weighted by molar-refractivity contribution is 6.32. The molecule has 0 aromatic heterocycles. The van der Waals surface area contributed by atoms with Gasteiger partial charge in [-0.15, -0.1) is 0 Å². The van der Waals surface area contributed by atoms with Crippen molar-refractivity contribution in [1.29, 1.82) is 0 Å². The first-order valence-electron chi connectivity index (χ1n) is 6.76. The van der Waals surface area contributed by atoms with Gasteiger partial charge >= 0.3 is 17.8 Å². The lowest BCUT2D eigenvalue weighted by molar-refractivity contribution is -0.156. The SMILES string of the molecule is CCOC(=O)C(=O)N[C@@H](Cc1ccccc1)C(=O)OCC. The molecule has 0 unspecified atom stereocenters. The molecule has 0 saturated carbocycles. The molecule has 1 amide bonds. The Kier molecular flexibility index (Phi) is 6.94. The standard InChI is InChI=1S/C15H19NO5/c1-3-20-14(18)12(10-11-8-6-5-7-9-11)16-13(17)15(19)21-4-2/h5-9,12H,3-4,10H2,1-2H3,(H,16,17)/t12-/m0/s1. The highest BCUT2D eigenvalue weighted by Gasteiger charge is 2.26. The molecule has 114 valence electrons. The molecule has 1 N–H and O–H groups in total. The molecule has 0 aliphatic carbocycles. The Morgan fingerprint density at radius 1 is 1.05 bits per heavy atom. The van der Waals surface area contributed by atoms with Gasteiger partial charge in [0.25, 0.3) is 0 Å². The zero-order valence-corrected chi connectivity index (χ0v) is 12.1. The van der Waals surface area contributed by atoms with Crippen LogP contribution in [0.25, 0.3) is 0 Å². The minimum Gasteiger partial charge on any atom is -0.464 e. The fourth-order valence-electron chi connectivity index (χ4n) is 1.70. The fraction of sp³-hybridized carbons (Fsp3) is 0.400. The number of hydrogen-bond acceptors (Lipinski definition) is 5. The monoisotopic (exact) mass is 293 g/mol. The van der Waals surface area contributed by atoms with E-state index < -0.39 is 23.9 Å². The summed E-state index contributed by atoms with van der Waals surface area (Å²) >= 11 is 0. The summed E-state index contributed by atoms with van der Waals surface area (Å²) in [7, 11) is 0. The molecular formula is C15H19NO5. The van der Waals surface area contributed by atoms with Crippen molar-refractivity contribution in [2.24, 2.45) is 0 Å². The van der Waals surface area contributed by atoms with Gasteiger partial charge in [0, 0.05) is 6.42 Å². The Morgan fingerprint density at radius 2 is 1.67 bits per heavy atom. The molecule has 0 radical (unpaired) electrons. The van der Waals surface area contributed by atoms with Crippen LogP contribution >= 0.6 is 0 Å². The Balaban J connectivity index is 2.75. The van der Waals surface area contributed by atoms with Crippen LogP contribution in [0.15, 0.2) is 30.3 Å². The maximum absolute atomic E-state index is 11.9. The summed E-state index contributed by atoms with van der Waals surface area (Å²) in [5.41, 5.74) is 0.847. The third kappa shape index (κ3) is 5.64. The molecule has 6 heteroatoms. The lowest BCUT2D eigenvalue weighted by atomic mass is 10.1. The molecule has 0 spiro atoms. The van der Waals surface area contributed by atoms with Gasteiger partial charge in [0.05, 0.1) is 13.2 Å². The summed E-state index contributed by atoms with van der Waals surface area (Å²) in [5.74, 6) is -2.55. The minimum atomic E-state index is -1.01. The molecule has 0 heterocycles. The number of carbonyl (C=O) groups is 3. The second kappa shape index (κ2) is 8.73. The van der Waals surface area contributed by atoms with Gasteiger partial charge in [-0.05, 0) is 19.4 Å². The van der Waals surface area contributed by atoms with Crippen LogP contribution in [0.5, 0.6) is 0 Å². The number of esters is 2. The highest BCUT2D eigenvalue weighted by atomic mass is 16.5. The summed E-state index contributed by atoms with van der Waals surface area (Å²) in [6, 6.07) is 8.21. The number of amides is 1. The van der Waals surface area contributed by atoms with E-state index in [1.807, 2.05) is 30.3 Å². The van der Waals surface area contributed by atoms with E-state index in [-0.39, 0.29) is 19.6 Å². The van der Waals surface area contributed by atoms with Crippen molar-refractivity contribution >= 4 is 17.8 Å². The van der Waals surface area contributed by atoms with Crippen LogP contribution in [0.3, 0.4) is 0 Å². The van der Waals surface area contributed by atoms with Crippen LogP contribution in [-0.2, 0) is 30.3 Å². The average Bonchev–Trinajstić information content (AvgIpc) is 2.48. The lowest BCUT2D eigenvalue weighted by Gasteiger charge is -2.16. The minimum absolute atomic E-state index is 0.0923. The average molecular weight is 293 g/mol. The van der Waals surface area contributed by atoms with Gasteiger partial charge in [-0.1, -0.05) is 30.3 Å². The van der Waals surface area contributed by atoms with Crippen LogP contribution in [0.2, 0.25) is 0 Å². The Labute approximate surface area is 123 Å². The molecule has 0 aliphatic rings. The van der Waals surface area contributed by atoms with E-state index in [0.717, 1.165) is 5.56 Å². The van der Waals surface area contributed by atoms with Crippen LogP contribution in [0, 0.1) is 0 Å². The molecule has 0 bridgehead atoms. The number of carbonyl (C=O) groups excluding carboxylic acids is 3. The molecule has 6 nitrogen and oxygen atoms in total. The van der Waals surface area contributed by atoms with E-state index >= 15 is 0 Å².